The Morgan fingerprint density at radius 2 is 1.84 bits per heavy atom. The monoisotopic (exact) mass is 605 g/mol. The number of pyridine rings is 1. The standard InChI is InChI=1S/C28H28F5N7O3/c1-15-13-39(7-6-38(15)2)21-9-20(37-26(42)18-12-34-22(41)8-19(18)28(31,32)33)24(29)23(25(21)30)16-4-5-40(14-16)27-35-10-17(43-3)11-36-27/h4,8-12,15H,5-7,13-14H2,1-3H3,(H,34,41)(H,37,42)/t15-/m0/s1. The molecular formula is C28H28F5N7O3. The summed E-state index contributed by atoms with van der Waals surface area (Å²) in [7, 11) is 3.38. The summed E-state index contributed by atoms with van der Waals surface area (Å²) in [6, 6.07) is 1.35. The Balaban J connectivity index is 1.54. The van der Waals surface area contributed by atoms with Crippen LogP contribution < -0.4 is 25.4 Å². The van der Waals surface area contributed by atoms with Crippen LogP contribution in [0.2, 0.25) is 0 Å². The first-order valence-corrected chi connectivity index (χ1v) is 13.3. The highest BCUT2D eigenvalue weighted by Crippen LogP contribution is 2.38. The van der Waals surface area contributed by atoms with Crippen molar-refractivity contribution in [3.8, 4) is 5.75 Å². The molecular weight excluding hydrogens is 577 g/mol. The molecule has 0 spiro atoms. The van der Waals surface area contributed by atoms with Crippen LogP contribution in [0, 0.1) is 11.6 Å². The van der Waals surface area contributed by atoms with Gasteiger partial charge in [0.05, 0.1) is 47.6 Å². The number of benzene rings is 1. The lowest BCUT2D eigenvalue weighted by Crippen LogP contribution is -2.50. The van der Waals surface area contributed by atoms with E-state index in [-0.39, 0.29) is 36.5 Å². The van der Waals surface area contributed by atoms with Gasteiger partial charge < -0.3 is 29.7 Å². The number of hydrogen-bond donors (Lipinski definition) is 2. The number of carbonyl (C=O) groups excluding carboxylic acids is 1. The van der Waals surface area contributed by atoms with Gasteiger partial charge in [0.1, 0.15) is 0 Å². The van der Waals surface area contributed by atoms with Gasteiger partial charge in [0.15, 0.2) is 17.4 Å². The van der Waals surface area contributed by atoms with Gasteiger partial charge in [0, 0.05) is 51.0 Å². The largest absolute Gasteiger partial charge is 0.494 e. The van der Waals surface area contributed by atoms with Gasteiger partial charge in [-0.1, -0.05) is 6.08 Å². The predicted molar refractivity (Wildman–Crippen MR) is 149 cm³/mol. The first-order valence-electron chi connectivity index (χ1n) is 13.3. The number of aromatic nitrogens is 3. The van der Waals surface area contributed by atoms with E-state index in [1.165, 1.54) is 19.5 Å². The summed E-state index contributed by atoms with van der Waals surface area (Å²) in [5.41, 5.74) is -4.18. The fourth-order valence-corrected chi connectivity index (χ4v) is 5.04. The summed E-state index contributed by atoms with van der Waals surface area (Å²) in [4.78, 5) is 40.6. The van der Waals surface area contributed by atoms with Crippen molar-refractivity contribution in [3.05, 3.63) is 75.5 Å². The second kappa shape index (κ2) is 11.6. The second-order valence-electron chi connectivity index (χ2n) is 10.3. The molecule has 1 amide bonds. The lowest BCUT2D eigenvalue weighted by atomic mass is 10.0. The average molecular weight is 606 g/mol. The molecule has 4 heterocycles. The second-order valence-corrected chi connectivity index (χ2v) is 10.3. The van der Waals surface area contributed by atoms with Gasteiger partial charge in [0.2, 0.25) is 11.5 Å². The Bertz CT molecular complexity index is 1620. The Hall–Kier alpha value is -4.53. The third kappa shape index (κ3) is 6.02. The molecule has 2 aliphatic heterocycles. The molecule has 1 fully saturated rings. The predicted octanol–water partition coefficient (Wildman–Crippen LogP) is 3.77. The maximum absolute atomic E-state index is 16.2. The smallest absolute Gasteiger partial charge is 0.417 e. The number of H-pyrrole nitrogens is 1. The third-order valence-corrected chi connectivity index (χ3v) is 7.58. The number of ether oxygens (including phenoxy) is 1. The minimum absolute atomic E-state index is 0.00999. The zero-order valence-corrected chi connectivity index (χ0v) is 23.4. The number of likely N-dealkylation sites (N-methyl/N-ethyl adjacent to an activating group) is 1. The van der Waals surface area contributed by atoms with E-state index in [2.05, 4.69) is 20.2 Å². The third-order valence-electron chi connectivity index (χ3n) is 7.58. The number of nitrogens with zero attached hydrogens (tertiary/aromatic N) is 5. The van der Waals surface area contributed by atoms with Crippen molar-refractivity contribution in [2.24, 2.45) is 0 Å². The summed E-state index contributed by atoms with van der Waals surface area (Å²) in [6.45, 7) is 3.54. The molecule has 5 rings (SSSR count). The van der Waals surface area contributed by atoms with E-state index in [9.17, 15) is 22.8 Å². The van der Waals surface area contributed by atoms with Crippen molar-refractivity contribution in [1.29, 1.82) is 0 Å². The van der Waals surface area contributed by atoms with Crippen LogP contribution in [0.1, 0.15) is 28.4 Å². The molecule has 15 heteroatoms. The Morgan fingerprint density at radius 1 is 1.12 bits per heavy atom. The van der Waals surface area contributed by atoms with Crippen LogP contribution in [-0.4, -0.2) is 78.7 Å². The van der Waals surface area contributed by atoms with Crippen LogP contribution in [0.5, 0.6) is 5.75 Å². The maximum Gasteiger partial charge on any atom is 0.417 e. The summed E-state index contributed by atoms with van der Waals surface area (Å²) < 4.78 is 78.3. The molecule has 1 aromatic carbocycles. The van der Waals surface area contributed by atoms with Gasteiger partial charge in [0.25, 0.3) is 5.91 Å². The molecule has 1 atom stereocenters. The van der Waals surface area contributed by atoms with Gasteiger partial charge in [-0.25, -0.2) is 18.7 Å². The highest BCUT2D eigenvalue weighted by Gasteiger charge is 2.37. The quantitative estimate of drug-likeness (QED) is 0.410. The number of piperazine rings is 1. The van der Waals surface area contributed by atoms with Gasteiger partial charge in [-0.15, -0.1) is 0 Å². The van der Waals surface area contributed by atoms with E-state index in [0.717, 1.165) is 6.07 Å². The molecule has 0 aliphatic carbocycles. The SMILES string of the molecule is COc1cnc(N2CC=C(c3c(F)c(NC(=O)c4c[nH]c(=O)cc4C(F)(F)F)cc(N4CCN(C)[C@@H](C)C4)c3F)C2)nc1. The number of alkyl halides is 3. The zero-order valence-electron chi connectivity index (χ0n) is 23.4. The molecule has 3 aromatic rings. The average Bonchev–Trinajstić information content (AvgIpc) is 3.45. The topological polar surface area (TPSA) is 107 Å². The van der Waals surface area contributed by atoms with Crippen molar-refractivity contribution in [3.63, 3.8) is 0 Å². The number of halogens is 5. The minimum atomic E-state index is -5.03. The van der Waals surface area contributed by atoms with E-state index in [1.807, 2.05) is 19.0 Å². The van der Waals surface area contributed by atoms with Crippen molar-refractivity contribution in [2.75, 3.05) is 62.0 Å². The molecule has 0 bridgehead atoms. The molecule has 2 aromatic heterocycles. The number of amides is 1. The highest BCUT2D eigenvalue weighted by atomic mass is 19.4. The number of anilines is 3. The van der Waals surface area contributed by atoms with Crippen LogP contribution in [0.15, 0.2) is 41.6 Å². The van der Waals surface area contributed by atoms with Crippen LogP contribution in [0.3, 0.4) is 0 Å². The normalized spacial score (nSPS) is 17.7. The number of carbonyl (C=O) groups is 1. The Kier molecular flexibility index (Phi) is 8.10. The lowest BCUT2D eigenvalue weighted by molar-refractivity contribution is -0.138. The Morgan fingerprint density at radius 3 is 2.49 bits per heavy atom. The molecule has 0 saturated carbocycles. The minimum Gasteiger partial charge on any atom is -0.494 e. The first kappa shape index (κ1) is 29.9. The van der Waals surface area contributed by atoms with Crippen molar-refractivity contribution >= 4 is 28.8 Å². The van der Waals surface area contributed by atoms with E-state index >= 15 is 8.78 Å². The summed E-state index contributed by atoms with van der Waals surface area (Å²) in [5.74, 6) is -2.62. The summed E-state index contributed by atoms with van der Waals surface area (Å²) in [6.07, 6.45) is 0.0850. The van der Waals surface area contributed by atoms with E-state index in [0.29, 0.717) is 37.5 Å². The fraction of sp³-hybridized carbons (Fsp3) is 0.357. The molecule has 228 valence electrons. The van der Waals surface area contributed by atoms with Crippen molar-refractivity contribution in [1.82, 2.24) is 19.9 Å². The van der Waals surface area contributed by atoms with E-state index in [4.69, 9.17) is 4.74 Å². The van der Waals surface area contributed by atoms with Gasteiger partial charge in [-0.2, -0.15) is 13.2 Å². The number of aromatic amines is 1. The summed E-state index contributed by atoms with van der Waals surface area (Å²) in [5, 5.41) is 2.19. The number of methoxy groups -OCH3 is 1. The van der Waals surface area contributed by atoms with E-state index < -0.39 is 51.7 Å². The van der Waals surface area contributed by atoms with Crippen LogP contribution in [0.25, 0.3) is 5.57 Å². The fourth-order valence-electron chi connectivity index (χ4n) is 5.04. The van der Waals surface area contributed by atoms with Gasteiger partial charge in [-0.05, 0) is 25.6 Å². The Labute approximate surface area is 242 Å². The van der Waals surface area contributed by atoms with E-state index in [1.54, 1.807) is 15.9 Å². The molecule has 0 radical (unpaired) electrons. The maximum atomic E-state index is 16.2. The lowest BCUT2D eigenvalue weighted by Gasteiger charge is -2.39. The molecule has 10 nitrogen and oxygen atoms in total. The van der Waals surface area contributed by atoms with Crippen molar-refractivity contribution in [2.45, 2.75) is 19.1 Å². The number of rotatable bonds is 6. The molecule has 0 unspecified atom stereocenters. The number of nitrogens with one attached hydrogen (secondary N) is 2. The van der Waals surface area contributed by atoms with Crippen LogP contribution >= 0.6 is 0 Å². The molecule has 2 aliphatic rings. The highest BCUT2D eigenvalue weighted by molar-refractivity contribution is 6.06. The zero-order chi connectivity index (χ0) is 31.1. The van der Waals surface area contributed by atoms with Crippen molar-refractivity contribution < 1.29 is 31.5 Å². The molecule has 43 heavy (non-hydrogen) atoms. The van der Waals surface area contributed by atoms with Crippen LogP contribution in [-0.2, 0) is 6.18 Å². The van der Waals surface area contributed by atoms with Gasteiger partial charge >= 0.3 is 6.18 Å². The first-order chi connectivity index (χ1) is 20.4. The summed E-state index contributed by atoms with van der Waals surface area (Å²) >= 11 is 0. The molecule has 1 saturated heterocycles. The molecule has 2 N–H and O–H groups in total. The van der Waals surface area contributed by atoms with Crippen LogP contribution in [0.4, 0.5) is 39.3 Å². The number of hydrogen-bond acceptors (Lipinski definition) is 8. The van der Waals surface area contributed by atoms with Gasteiger partial charge in [-0.3, -0.25) is 9.59 Å².